The molecule has 3 unspecified atom stereocenters. The van der Waals surface area contributed by atoms with E-state index in [4.69, 9.17) is 14.1 Å². The Kier molecular flexibility index (Phi) is 7.79. The molecule has 0 saturated carbocycles. The molecule has 118 valence electrons. The van der Waals surface area contributed by atoms with E-state index in [0.717, 1.165) is 19.3 Å². The molecule has 0 bridgehead atoms. The number of hydrogen-bond donors (Lipinski definition) is 1. The zero-order valence-electron chi connectivity index (χ0n) is 12.3. The van der Waals surface area contributed by atoms with E-state index in [0.29, 0.717) is 19.7 Å². The van der Waals surface area contributed by atoms with Crippen molar-refractivity contribution in [3.05, 3.63) is 4.91 Å². The molecule has 0 aromatic rings. The summed E-state index contributed by atoms with van der Waals surface area (Å²) in [5.41, 5.74) is 2.56. The molecular weight excluding hydrogens is 285 g/mol. The van der Waals surface area contributed by atoms with E-state index in [9.17, 15) is 9.47 Å². The number of ether oxygens (including phenoxy) is 2. The maximum absolute atomic E-state index is 12.5. The average molecular weight is 309 g/mol. The number of methoxy groups -OCH3 is 1. The molecule has 1 saturated heterocycles. The van der Waals surface area contributed by atoms with Crippen LogP contribution in [0.2, 0.25) is 0 Å². The highest BCUT2D eigenvalue weighted by molar-refractivity contribution is 7.54. The molecule has 0 aliphatic carbocycles. The standard InChI is InChI=1S/C11H24N3O5P/c1-4-7-14(8-9-17-3)20(16,13-15)19-12-11-6-5-10(2)18-11/h10-12H,4-9H2,1-3H3. The number of hydrogen-bond acceptors (Lipinski definition) is 6. The summed E-state index contributed by atoms with van der Waals surface area (Å²) in [5.74, 6) is 0. The second-order valence-corrected chi connectivity index (χ2v) is 6.63. The highest BCUT2D eigenvalue weighted by Gasteiger charge is 2.35. The zero-order chi connectivity index (χ0) is 15.0. The number of nitroso groups, excluding NO2 is 1. The van der Waals surface area contributed by atoms with E-state index in [1.165, 1.54) is 11.8 Å². The Morgan fingerprint density at radius 1 is 1.45 bits per heavy atom. The number of nitrogens with zero attached hydrogens (tertiary/aromatic N) is 2. The van der Waals surface area contributed by atoms with Crippen molar-refractivity contribution >= 4 is 7.67 Å². The Morgan fingerprint density at radius 2 is 2.20 bits per heavy atom. The van der Waals surface area contributed by atoms with Crippen LogP contribution in [0, 0.1) is 4.91 Å². The Hall–Kier alpha value is -0.370. The van der Waals surface area contributed by atoms with Gasteiger partial charge in [0.1, 0.15) is 6.23 Å². The van der Waals surface area contributed by atoms with Crippen LogP contribution in [0.3, 0.4) is 0 Å². The maximum atomic E-state index is 12.5. The first-order valence-electron chi connectivity index (χ1n) is 6.84. The van der Waals surface area contributed by atoms with Crippen molar-refractivity contribution in [1.29, 1.82) is 0 Å². The molecule has 0 aromatic heterocycles. The first-order chi connectivity index (χ1) is 9.55. The van der Waals surface area contributed by atoms with Gasteiger partial charge in [-0.1, -0.05) is 6.92 Å². The van der Waals surface area contributed by atoms with Crippen LogP contribution < -0.4 is 5.48 Å². The van der Waals surface area contributed by atoms with Crippen molar-refractivity contribution in [1.82, 2.24) is 10.2 Å². The molecule has 1 aliphatic rings. The molecule has 9 heteroatoms. The second-order valence-electron chi connectivity index (χ2n) is 4.74. The molecule has 1 aliphatic heterocycles. The zero-order valence-corrected chi connectivity index (χ0v) is 13.2. The minimum Gasteiger partial charge on any atom is -0.383 e. The van der Waals surface area contributed by atoms with E-state index in [1.807, 2.05) is 13.8 Å². The fourth-order valence-corrected chi connectivity index (χ4v) is 3.26. The van der Waals surface area contributed by atoms with E-state index >= 15 is 0 Å². The molecule has 0 amide bonds. The van der Waals surface area contributed by atoms with Gasteiger partial charge in [0.25, 0.3) is 0 Å². The number of hydroxylamine groups is 1. The summed E-state index contributed by atoms with van der Waals surface area (Å²) in [5, 5.41) is 0. The number of rotatable bonds is 10. The first kappa shape index (κ1) is 17.7. The van der Waals surface area contributed by atoms with Gasteiger partial charge in [-0.25, -0.2) is 13.9 Å². The Balaban J connectivity index is 2.57. The Bertz CT molecular complexity index is 344. The molecule has 1 N–H and O–H groups in total. The quantitative estimate of drug-likeness (QED) is 0.376. The molecule has 1 heterocycles. The number of nitrogens with one attached hydrogen (secondary N) is 1. The summed E-state index contributed by atoms with van der Waals surface area (Å²) in [4.78, 5) is 13.7. The van der Waals surface area contributed by atoms with Gasteiger partial charge < -0.3 is 9.47 Å². The first-order valence-corrected chi connectivity index (χ1v) is 8.37. The van der Waals surface area contributed by atoms with Crippen molar-refractivity contribution in [2.45, 2.75) is 45.4 Å². The minimum atomic E-state index is -3.80. The summed E-state index contributed by atoms with van der Waals surface area (Å²) < 4.78 is 29.4. The van der Waals surface area contributed by atoms with Gasteiger partial charge in [0.2, 0.25) is 0 Å². The van der Waals surface area contributed by atoms with Gasteiger partial charge in [0.15, 0.2) is 0 Å². The molecule has 1 rings (SSSR count). The van der Waals surface area contributed by atoms with Crippen molar-refractivity contribution in [3.8, 4) is 0 Å². The minimum absolute atomic E-state index is 0.125. The van der Waals surface area contributed by atoms with E-state index < -0.39 is 7.67 Å². The van der Waals surface area contributed by atoms with Gasteiger partial charge in [-0.2, -0.15) is 5.48 Å². The van der Waals surface area contributed by atoms with Gasteiger partial charge in [-0.3, -0.25) is 0 Å². The predicted molar refractivity (Wildman–Crippen MR) is 74.9 cm³/mol. The summed E-state index contributed by atoms with van der Waals surface area (Å²) in [6, 6.07) is 0. The van der Waals surface area contributed by atoms with Gasteiger partial charge >= 0.3 is 7.67 Å². The maximum Gasteiger partial charge on any atom is 0.442 e. The van der Waals surface area contributed by atoms with E-state index in [-0.39, 0.29) is 12.3 Å². The van der Waals surface area contributed by atoms with Gasteiger partial charge in [0, 0.05) is 25.1 Å². The largest absolute Gasteiger partial charge is 0.442 e. The van der Waals surface area contributed by atoms with Crippen LogP contribution in [-0.4, -0.2) is 43.8 Å². The van der Waals surface area contributed by atoms with Crippen LogP contribution in [0.25, 0.3) is 0 Å². The molecule has 0 spiro atoms. The molecule has 0 radical (unpaired) electrons. The van der Waals surface area contributed by atoms with Crippen LogP contribution in [0.15, 0.2) is 4.95 Å². The predicted octanol–water partition coefficient (Wildman–Crippen LogP) is 2.27. The molecule has 0 aromatic carbocycles. The van der Waals surface area contributed by atoms with Crippen molar-refractivity contribution in [2.75, 3.05) is 26.8 Å². The molecule has 3 atom stereocenters. The molecule has 1 fully saturated rings. The SMILES string of the molecule is CCCN(CCOC)P(=O)(N=O)ONC1CCC(C)O1. The third-order valence-corrected chi connectivity index (χ3v) is 4.70. The van der Waals surface area contributed by atoms with Crippen LogP contribution in [0.1, 0.15) is 33.1 Å². The van der Waals surface area contributed by atoms with Gasteiger partial charge in [-0.15, -0.1) is 4.91 Å². The smallest absolute Gasteiger partial charge is 0.383 e. The molecular formula is C11H24N3O5P. The lowest BCUT2D eigenvalue weighted by Crippen LogP contribution is -2.33. The summed E-state index contributed by atoms with van der Waals surface area (Å²) in [7, 11) is -2.26. The molecule has 20 heavy (non-hydrogen) atoms. The van der Waals surface area contributed by atoms with Crippen LogP contribution in [0.5, 0.6) is 0 Å². The second kappa shape index (κ2) is 8.81. The van der Waals surface area contributed by atoms with Gasteiger partial charge in [0.05, 0.1) is 12.7 Å². The van der Waals surface area contributed by atoms with Crippen molar-refractivity contribution in [3.63, 3.8) is 0 Å². The third-order valence-electron chi connectivity index (χ3n) is 3.03. The Labute approximate surface area is 119 Å². The monoisotopic (exact) mass is 309 g/mol. The van der Waals surface area contributed by atoms with Crippen LogP contribution in [-0.2, 0) is 18.7 Å². The van der Waals surface area contributed by atoms with E-state index in [2.05, 4.69) is 10.4 Å². The highest BCUT2D eigenvalue weighted by atomic mass is 31.2. The lowest BCUT2D eigenvalue weighted by molar-refractivity contribution is -0.0325. The normalized spacial score (nSPS) is 25.8. The summed E-state index contributed by atoms with van der Waals surface area (Å²) >= 11 is 0. The topological polar surface area (TPSA) is 89.5 Å². The van der Waals surface area contributed by atoms with Gasteiger partial charge in [-0.05, 0) is 26.2 Å². The highest BCUT2D eigenvalue weighted by Crippen LogP contribution is 2.51. The van der Waals surface area contributed by atoms with Crippen LogP contribution >= 0.6 is 7.67 Å². The van der Waals surface area contributed by atoms with E-state index in [1.54, 1.807) is 0 Å². The van der Waals surface area contributed by atoms with Crippen molar-refractivity contribution in [2.24, 2.45) is 4.95 Å². The summed E-state index contributed by atoms with van der Waals surface area (Å²) in [6.45, 7) is 4.97. The fourth-order valence-electron chi connectivity index (χ4n) is 1.96. The Morgan fingerprint density at radius 3 is 2.70 bits per heavy atom. The third kappa shape index (κ3) is 5.20. The fraction of sp³-hybridized carbons (Fsp3) is 1.00. The van der Waals surface area contributed by atoms with Crippen molar-refractivity contribution < 1.29 is 18.7 Å². The lowest BCUT2D eigenvalue weighted by atomic mass is 10.2. The summed E-state index contributed by atoms with van der Waals surface area (Å²) in [6.07, 6.45) is 2.13. The lowest BCUT2D eigenvalue weighted by Gasteiger charge is -2.25. The van der Waals surface area contributed by atoms with Crippen LogP contribution in [0.4, 0.5) is 0 Å². The average Bonchev–Trinajstić information content (AvgIpc) is 2.86. The molecule has 8 nitrogen and oxygen atoms in total.